The maximum absolute atomic E-state index is 11.8. The van der Waals surface area contributed by atoms with Crippen LogP contribution < -0.4 is 10.6 Å². The van der Waals surface area contributed by atoms with Gasteiger partial charge in [0.15, 0.2) is 0 Å². The summed E-state index contributed by atoms with van der Waals surface area (Å²) in [6.45, 7) is 4.46. The molecule has 104 valence electrons. The van der Waals surface area contributed by atoms with E-state index in [1.165, 1.54) is 24.0 Å². The molecule has 1 aliphatic carbocycles. The fraction of sp³-hybridized carbons (Fsp3) is 0.533. The van der Waals surface area contributed by atoms with Crippen LogP contribution in [0.5, 0.6) is 0 Å². The van der Waals surface area contributed by atoms with Crippen molar-refractivity contribution in [2.45, 2.75) is 45.6 Å². The number of anilines is 1. The van der Waals surface area contributed by atoms with Gasteiger partial charge in [-0.05, 0) is 49.9 Å². The smallest absolute Gasteiger partial charge is 0.239 e. The van der Waals surface area contributed by atoms with E-state index in [1.807, 2.05) is 0 Å². The third-order valence-corrected chi connectivity index (χ3v) is 4.86. The summed E-state index contributed by atoms with van der Waals surface area (Å²) in [6, 6.07) is 4.50. The first-order chi connectivity index (χ1) is 9.06. The monoisotopic (exact) mass is 324 g/mol. The molecule has 1 saturated carbocycles. The van der Waals surface area contributed by atoms with Gasteiger partial charge in [0.1, 0.15) is 0 Å². The van der Waals surface area contributed by atoms with E-state index in [2.05, 4.69) is 52.5 Å². The van der Waals surface area contributed by atoms with E-state index in [0.717, 1.165) is 23.0 Å². The molecule has 3 nitrogen and oxygen atoms in total. The number of rotatable bonds is 4. The zero-order valence-electron chi connectivity index (χ0n) is 11.6. The Balaban J connectivity index is 1.86. The molecule has 0 aromatic heterocycles. The molecule has 2 rings (SSSR count). The second-order valence-corrected chi connectivity index (χ2v) is 6.12. The van der Waals surface area contributed by atoms with Crippen LogP contribution in [0.25, 0.3) is 0 Å². The highest BCUT2D eigenvalue weighted by atomic mass is 79.9. The van der Waals surface area contributed by atoms with Gasteiger partial charge < -0.3 is 10.6 Å². The van der Waals surface area contributed by atoms with Crippen LogP contribution in [-0.2, 0) is 4.79 Å². The number of carbonyl (C=O) groups is 1. The van der Waals surface area contributed by atoms with Crippen molar-refractivity contribution < 1.29 is 4.79 Å². The molecule has 1 aliphatic rings. The highest BCUT2D eigenvalue weighted by Crippen LogP contribution is 2.24. The van der Waals surface area contributed by atoms with Crippen LogP contribution in [0.2, 0.25) is 0 Å². The third-order valence-electron chi connectivity index (χ3n) is 3.61. The highest BCUT2D eigenvalue weighted by Gasteiger charge is 2.16. The quantitative estimate of drug-likeness (QED) is 0.889. The first-order valence-corrected chi connectivity index (χ1v) is 7.65. The predicted octanol–water partition coefficient (Wildman–Crippen LogP) is 3.54. The van der Waals surface area contributed by atoms with Gasteiger partial charge in [0, 0.05) is 16.2 Å². The minimum atomic E-state index is 0.0881. The largest absolute Gasteiger partial charge is 0.376 e. The molecule has 1 aromatic rings. The lowest BCUT2D eigenvalue weighted by atomic mass is 10.1. The number of nitrogens with one attached hydrogen (secondary N) is 2. The Bertz CT molecular complexity index is 444. The molecule has 0 heterocycles. The van der Waals surface area contributed by atoms with Crippen LogP contribution in [0.3, 0.4) is 0 Å². The van der Waals surface area contributed by atoms with Gasteiger partial charge in [-0.15, -0.1) is 0 Å². The Hall–Kier alpha value is -1.03. The molecule has 0 atom stereocenters. The lowest BCUT2D eigenvalue weighted by Crippen LogP contribution is -2.36. The average Bonchev–Trinajstić information content (AvgIpc) is 2.86. The number of amides is 1. The Morgan fingerprint density at radius 3 is 2.42 bits per heavy atom. The summed E-state index contributed by atoms with van der Waals surface area (Å²) in [4.78, 5) is 11.8. The third kappa shape index (κ3) is 3.96. The average molecular weight is 325 g/mol. The minimum Gasteiger partial charge on any atom is -0.376 e. The lowest BCUT2D eigenvalue weighted by Gasteiger charge is -2.14. The molecular weight excluding hydrogens is 304 g/mol. The predicted molar refractivity (Wildman–Crippen MR) is 82.5 cm³/mol. The summed E-state index contributed by atoms with van der Waals surface area (Å²) in [7, 11) is 0. The van der Waals surface area contributed by atoms with Crippen molar-refractivity contribution in [1.82, 2.24) is 5.32 Å². The first kappa shape index (κ1) is 14.4. The van der Waals surface area contributed by atoms with Crippen molar-refractivity contribution in [2.75, 3.05) is 11.9 Å². The van der Waals surface area contributed by atoms with Crippen LogP contribution in [-0.4, -0.2) is 18.5 Å². The van der Waals surface area contributed by atoms with E-state index in [1.54, 1.807) is 0 Å². The first-order valence-electron chi connectivity index (χ1n) is 6.86. The standard InChI is InChI=1S/C15H21BrN2O/c1-10-7-13(8-11(2)15(10)16)17-9-14(19)18-12-5-3-4-6-12/h7-8,12,17H,3-6,9H2,1-2H3,(H,18,19). The normalized spacial score (nSPS) is 15.5. The Morgan fingerprint density at radius 1 is 1.26 bits per heavy atom. The maximum atomic E-state index is 11.8. The van der Waals surface area contributed by atoms with E-state index in [-0.39, 0.29) is 5.91 Å². The topological polar surface area (TPSA) is 41.1 Å². The number of halogens is 1. The van der Waals surface area contributed by atoms with Gasteiger partial charge >= 0.3 is 0 Å². The SMILES string of the molecule is Cc1cc(NCC(=O)NC2CCCC2)cc(C)c1Br. The van der Waals surface area contributed by atoms with E-state index in [9.17, 15) is 4.79 Å². The molecule has 1 amide bonds. The molecule has 2 N–H and O–H groups in total. The van der Waals surface area contributed by atoms with Crippen LogP contribution in [0, 0.1) is 13.8 Å². The van der Waals surface area contributed by atoms with Gasteiger partial charge in [0.25, 0.3) is 0 Å². The summed E-state index contributed by atoms with van der Waals surface area (Å²) in [5.41, 5.74) is 3.36. The molecule has 0 aliphatic heterocycles. The zero-order valence-corrected chi connectivity index (χ0v) is 13.1. The van der Waals surface area contributed by atoms with Crippen molar-refractivity contribution in [1.29, 1.82) is 0 Å². The lowest BCUT2D eigenvalue weighted by molar-refractivity contribution is -0.120. The van der Waals surface area contributed by atoms with E-state index in [4.69, 9.17) is 0 Å². The van der Waals surface area contributed by atoms with Crippen LogP contribution in [0.1, 0.15) is 36.8 Å². The minimum absolute atomic E-state index is 0.0881. The fourth-order valence-corrected chi connectivity index (χ4v) is 2.81. The molecule has 1 aromatic carbocycles. The number of hydrogen-bond acceptors (Lipinski definition) is 2. The summed E-state index contributed by atoms with van der Waals surface area (Å²) >= 11 is 3.54. The molecular formula is C15H21BrN2O. The summed E-state index contributed by atoms with van der Waals surface area (Å²) < 4.78 is 1.13. The maximum Gasteiger partial charge on any atom is 0.239 e. The molecule has 0 spiro atoms. The summed E-state index contributed by atoms with van der Waals surface area (Å²) in [5.74, 6) is 0.0881. The Kier molecular flexibility index (Phi) is 4.86. The summed E-state index contributed by atoms with van der Waals surface area (Å²) in [5, 5.41) is 6.27. The van der Waals surface area contributed by atoms with Crippen molar-refractivity contribution in [3.63, 3.8) is 0 Å². The van der Waals surface area contributed by atoms with Gasteiger partial charge in [-0.3, -0.25) is 4.79 Å². The van der Waals surface area contributed by atoms with Crippen molar-refractivity contribution >= 4 is 27.5 Å². The van der Waals surface area contributed by atoms with Crippen LogP contribution in [0.4, 0.5) is 5.69 Å². The number of benzene rings is 1. The second kappa shape index (κ2) is 6.42. The Morgan fingerprint density at radius 2 is 1.84 bits per heavy atom. The van der Waals surface area contributed by atoms with E-state index in [0.29, 0.717) is 12.6 Å². The molecule has 19 heavy (non-hydrogen) atoms. The van der Waals surface area contributed by atoms with Crippen molar-refractivity contribution in [2.24, 2.45) is 0 Å². The number of carbonyl (C=O) groups excluding carboxylic acids is 1. The zero-order chi connectivity index (χ0) is 13.8. The van der Waals surface area contributed by atoms with Gasteiger partial charge in [-0.1, -0.05) is 28.8 Å². The molecule has 1 fully saturated rings. The van der Waals surface area contributed by atoms with Gasteiger partial charge in [0.2, 0.25) is 5.91 Å². The van der Waals surface area contributed by atoms with Gasteiger partial charge in [-0.2, -0.15) is 0 Å². The van der Waals surface area contributed by atoms with Gasteiger partial charge in [0.05, 0.1) is 6.54 Å². The second-order valence-electron chi connectivity index (χ2n) is 5.33. The number of aryl methyl sites for hydroxylation is 2. The molecule has 0 unspecified atom stereocenters. The molecule has 0 saturated heterocycles. The van der Waals surface area contributed by atoms with Crippen LogP contribution >= 0.6 is 15.9 Å². The molecule has 0 bridgehead atoms. The molecule has 0 radical (unpaired) electrons. The van der Waals surface area contributed by atoms with Crippen molar-refractivity contribution in [3.8, 4) is 0 Å². The van der Waals surface area contributed by atoms with Gasteiger partial charge in [-0.25, -0.2) is 0 Å². The fourth-order valence-electron chi connectivity index (χ4n) is 2.58. The molecule has 4 heteroatoms. The van der Waals surface area contributed by atoms with E-state index >= 15 is 0 Å². The highest BCUT2D eigenvalue weighted by molar-refractivity contribution is 9.10. The van der Waals surface area contributed by atoms with E-state index < -0.39 is 0 Å². The number of hydrogen-bond donors (Lipinski definition) is 2. The summed E-state index contributed by atoms with van der Waals surface area (Å²) in [6.07, 6.45) is 4.73. The van der Waals surface area contributed by atoms with Crippen molar-refractivity contribution in [3.05, 3.63) is 27.7 Å². The Labute approximate surface area is 123 Å². The van der Waals surface area contributed by atoms with Crippen LogP contribution in [0.15, 0.2) is 16.6 Å².